The maximum absolute atomic E-state index is 13.6. The third kappa shape index (κ3) is 11.4. The number of aromatic nitrogens is 1. The minimum absolute atomic E-state index is 0.00879. The lowest BCUT2D eigenvalue weighted by atomic mass is 10.2. The van der Waals surface area contributed by atoms with Crippen LogP contribution in [0.25, 0.3) is 0 Å². The summed E-state index contributed by atoms with van der Waals surface area (Å²) in [4.78, 5) is 41.8. The Kier molecular flexibility index (Phi) is 13.7. The van der Waals surface area contributed by atoms with E-state index in [1.807, 2.05) is 0 Å². The SMILES string of the molecule is CCOC(=O)c1[nH]ccc1N(CCOC(CNCC(=O)OC(C)(C)C)C(F)(F)F)C(=S)N(CC)C(=O)OCC. The molecule has 11 nitrogen and oxygen atoms in total. The fourth-order valence-electron chi connectivity index (χ4n) is 3.20. The molecule has 1 heterocycles. The van der Waals surface area contributed by atoms with Crippen molar-refractivity contribution in [1.29, 1.82) is 0 Å². The molecule has 0 radical (unpaired) electrons. The summed E-state index contributed by atoms with van der Waals surface area (Å²) in [7, 11) is 0. The van der Waals surface area contributed by atoms with Crippen molar-refractivity contribution in [3.05, 3.63) is 18.0 Å². The summed E-state index contributed by atoms with van der Waals surface area (Å²) in [5.41, 5.74) is -0.612. The Bertz CT molecular complexity index is 966. The predicted molar refractivity (Wildman–Crippen MR) is 141 cm³/mol. The molecule has 15 heteroatoms. The summed E-state index contributed by atoms with van der Waals surface area (Å²) >= 11 is 5.48. The second-order valence-electron chi connectivity index (χ2n) is 8.95. The number of nitrogens with zero attached hydrogens (tertiary/aromatic N) is 2. The molecule has 0 saturated heterocycles. The molecule has 1 atom stereocenters. The van der Waals surface area contributed by atoms with E-state index in [0.29, 0.717) is 0 Å². The van der Waals surface area contributed by atoms with Crippen molar-refractivity contribution in [2.24, 2.45) is 0 Å². The van der Waals surface area contributed by atoms with E-state index in [1.165, 1.54) is 17.2 Å². The zero-order valence-electron chi connectivity index (χ0n) is 23.0. The number of H-pyrrole nitrogens is 1. The molecule has 2 N–H and O–H groups in total. The molecule has 1 amide bonds. The Hall–Kier alpha value is -2.91. The molecule has 1 aromatic heterocycles. The Labute approximate surface area is 231 Å². The number of carbonyl (C=O) groups excluding carboxylic acids is 3. The summed E-state index contributed by atoms with van der Waals surface area (Å²) in [6.07, 6.45) is -6.35. The molecule has 0 spiro atoms. The monoisotopic (exact) mass is 582 g/mol. The largest absolute Gasteiger partial charge is 0.461 e. The molecule has 39 heavy (non-hydrogen) atoms. The van der Waals surface area contributed by atoms with Crippen molar-refractivity contribution in [3.8, 4) is 0 Å². The number of anilines is 1. The second-order valence-corrected chi connectivity index (χ2v) is 9.32. The van der Waals surface area contributed by atoms with Crippen molar-refractivity contribution in [2.75, 3.05) is 50.9 Å². The first-order valence-electron chi connectivity index (χ1n) is 12.4. The van der Waals surface area contributed by atoms with Crippen molar-refractivity contribution < 1.29 is 46.5 Å². The van der Waals surface area contributed by atoms with Crippen LogP contribution in [0.15, 0.2) is 12.3 Å². The number of thiocarbonyl (C=S) groups is 1. The highest BCUT2D eigenvalue weighted by Gasteiger charge is 2.40. The Morgan fingerprint density at radius 2 is 1.74 bits per heavy atom. The first-order chi connectivity index (χ1) is 18.2. The van der Waals surface area contributed by atoms with Gasteiger partial charge < -0.3 is 34.1 Å². The van der Waals surface area contributed by atoms with Crippen molar-refractivity contribution in [3.63, 3.8) is 0 Å². The van der Waals surface area contributed by atoms with Crippen LogP contribution in [0.3, 0.4) is 0 Å². The molecule has 0 fully saturated rings. The summed E-state index contributed by atoms with van der Waals surface area (Å²) in [6, 6.07) is 1.47. The van der Waals surface area contributed by atoms with Gasteiger partial charge in [0.05, 0.1) is 32.1 Å². The number of esters is 2. The van der Waals surface area contributed by atoms with Crippen molar-refractivity contribution in [1.82, 2.24) is 15.2 Å². The predicted octanol–water partition coefficient (Wildman–Crippen LogP) is 3.64. The summed E-state index contributed by atoms with van der Waals surface area (Å²) < 4.78 is 61.2. The van der Waals surface area contributed by atoms with E-state index < -0.39 is 55.6 Å². The van der Waals surface area contributed by atoms with Crippen LogP contribution in [0, 0.1) is 0 Å². The molecule has 0 aliphatic heterocycles. The highest BCUT2D eigenvalue weighted by atomic mass is 32.1. The van der Waals surface area contributed by atoms with Gasteiger partial charge >= 0.3 is 24.2 Å². The average Bonchev–Trinajstić information content (AvgIpc) is 3.29. The number of hydrogen-bond acceptors (Lipinski definition) is 9. The standard InChI is InChI=1S/C24H37F3N4O7S/c1-7-30(22(34)36-9-3)21(39)31(16-10-11-29-19(16)20(33)35-8-2)12-13-37-17(24(25,26)27)14-28-15-18(32)38-23(4,5)6/h10-11,17,28-29H,7-9,12-15H2,1-6H3. The molecule has 1 aromatic rings. The topological polar surface area (TPSA) is 122 Å². The first kappa shape index (κ1) is 34.1. The molecule has 0 aliphatic carbocycles. The van der Waals surface area contributed by atoms with Gasteiger partial charge in [-0.1, -0.05) is 0 Å². The maximum Gasteiger partial charge on any atom is 0.416 e. The molecular weight excluding hydrogens is 545 g/mol. The summed E-state index contributed by atoms with van der Waals surface area (Å²) in [5.74, 6) is -1.43. The molecule has 1 rings (SSSR count). The van der Waals surface area contributed by atoms with Crippen LogP contribution in [0.2, 0.25) is 0 Å². The van der Waals surface area contributed by atoms with Gasteiger partial charge in [0.15, 0.2) is 11.2 Å². The highest BCUT2D eigenvalue weighted by molar-refractivity contribution is 7.80. The third-order valence-corrected chi connectivity index (χ3v) is 5.22. The second kappa shape index (κ2) is 15.6. The van der Waals surface area contributed by atoms with E-state index in [0.717, 1.165) is 4.90 Å². The fraction of sp³-hybridized carbons (Fsp3) is 0.667. The number of amides is 1. The van der Waals surface area contributed by atoms with Gasteiger partial charge in [-0.05, 0) is 59.8 Å². The molecule has 1 unspecified atom stereocenters. The van der Waals surface area contributed by atoms with Crippen LogP contribution in [-0.4, -0.2) is 96.9 Å². The number of hydrogen-bond donors (Lipinski definition) is 2. The number of aromatic amines is 1. The number of nitrogens with one attached hydrogen (secondary N) is 2. The number of alkyl halides is 3. The number of rotatable bonds is 13. The Morgan fingerprint density at radius 1 is 1.10 bits per heavy atom. The lowest BCUT2D eigenvalue weighted by Gasteiger charge is -2.31. The lowest BCUT2D eigenvalue weighted by Crippen LogP contribution is -2.49. The molecule has 0 aromatic carbocycles. The normalized spacial score (nSPS) is 12.4. The molecule has 0 saturated carbocycles. The van der Waals surface area contributed by atoms with Crippen molar-refractivity contribution >= 4 is 41.0 Å². The minimum Gasteiger partial charge on any atom is -0.461 e. The quantitative estimate of drug-likeness (QED) is 0.203. The van der Waals surface area contributed by atoms with E-state index in [1.54, 1.807) is 41.5 Å². The van der Waals surface area contributed by atoms with Gasteiger partial charge in [0, 0.05) is 25.8 Å². The molecule has 0 bridgehead atoms. The maximum atomic E-state index is 13.6. The third-order valence-electron chi connectivity index (χ3n) is 4.78. The van der Waals surface area contributed by atoms with E-state index in [9.17, 15) is 27.6 Å². The Balaban J connectivity index is 3.08. The zero-order chi connectivity index (χ0) is 29.8. The van der Waals surface area contributed by atoms with Gasteiger partial charge in [-0.3, -0.25) is 9.69 Å². The van der Waals surface area contributed by atoms with E-state index in [-0.39, 0.29) is 42.8 Å². The lowest BCUT2D eigenvalue weighted by molar-refractivity contribution is -0.217. The van der Waals surface area contributed by atoms with E-state index >= 15 is 0 Å². The number of halogens is 3. The van der Waals surface area contributed by atoms with Crippen molar-refractivity contribution in [2.45, 2.75) is 59.4 Å². The number of carbonyl (C=O) groups is 3. The number of ether oxygens (including phenoxy) is 4. The smallest absolute Gasteiger partial charge is 0.416 e. The average molecular weight is 583 g/mol. The molecule has 0 aliphatic rings. The van der Waals surface area contributed by atoms with Gasteiger partial charge in [-0.25, -0.2) is 9.59 Å². The van der Waals surface area contributed by atoms with Gasteiger partial charge in [0.1, 0.15) is 11.3 Å². The fourth-order valence-corrected chi connectivity index (χ4v) is 3.59. The van der Waals surface area contributed by atoms with Crippen LogP contribution in [0.1, 0.15) is 52.0 Å². The molecular formula is C24H37F3N4O7S. The van der Waals surface area contributed by atoms with E-state index in [4.69, 9.17) is 31.2 Å². The van der Waals surface area contributed by atoms with Crippen LogP contribution >= 0.6 is 12.2 Å². The van der Waals surface area contributed by atoms with Crippen LogP contribution in [0.5, 0.6) is 0 Å². The first-order valence-corrected chi connectivity index (χ1v) is 12.8. The summed E-state index contributed by atoms with van der Waals surface area (Å²) in [6.45, 7) is 8.10. The summed E-state index contributed by atoms with van der Waals surface area (Å²) in [5, 5.41) is 2.29. The van der Waals surface area contributed by atoms with Crippen LogP contribution in [-0.2, 0) is 23.7 Å². The van der Waals surface area contributed by atoms with Gasteiger partial charge in [-0.2, -0.15) is 13.2 Å². The van der Waals surface area contributed by atoms with E-state index in [2.05, 4.69) is 10.3 Å². The van der Waals surface area contributed by atoms with Gasteiger partial charge in [0.25, 0.3) is 0 Å². The minimum atomic E-state index is -4.75. The van der Waals surface area contributed by atoms with Gasteiger partial charge in [-0.15, -0.1) is 0 Å². The zero-order valence-corrected chi connectivity index (χ0v) is 23.8. The van der Waals surface area contributed by atoms with Gasteiger partial charge in [0.2, 0.25) is 0 Å². The van der Waals surface area contributed by atoms with Crippen LogP contribution in [0.4, 0.5) is 23.7 Å². The van der Waals surface area contributed by atoms with Crippen LogP contribution < -0.4 is 10.2 Å². The Morgan fingerprint density at radius 3 is 2.28 bits per heavy atom. The highest BCUT2D eigenvalue weighted by Crippen LogP contribution is 2.25. The molecule has 222 valence electrons.